The molecule has 0 saturated heterocycles. The van der Waals surface area contributed by atoms with Gasteiger partial charge in [-0.25, -0.2) is 4.98 Å². The highest BCUT2D eigenvalue weighted by molar-refractivity contribution is 7.03. The van der Waals surface area contributed by atoms with Crippen LogP contribution in [0.25, 0.3) is 11.4 Å². The summed E-state index contributed by atoms with van der Waals surface area (Å²) in [5.74, 6) is 0.517. The average Bonchev–Trinajstić information content (AvgIpc) is 3.16. The van der Waals surface area contributed by atoms with Crippen molar-refractivity contribution >= 4 is 23.1 Å². The SMILES string of the molecule is N[C@H](CCc1ccccc1)C(=O)Nc1ccc(-c2ncsn2)cc1. The van der Waals surface area contributed by atoms with Crippen LogP contribution in [0.2, 0.25) is 0 Å². The Balaban J connectivity index is 1.54. The monoisotopic (exact) mass is 338 g/mol. The molecule has 0 bridgehead atoms. The van der Waals surface area contributed by atoms with Crippen LogP contribution in [-0.2, 0) is 11.2 Å². The fraction of sp³-hybridized carbons (Fsp3) is 0.167. The highest BCUT2D eigenvalue weighted by Crippen LogP contribution is 2.18. The van der Waals surface area contributed by atoms with E-state index in [1.54, 1.807) is 5.51 Å². The van der Waals surface area contributed by atoms with Crippen LogP contribution >= 0.6 is 11.5 Å². The second-order valence-corrected chi connectivity index (χ2v) is 6.06. The Morgan fingerprint density at radius 1 is 1.12 bits per heavy atom. The Labute approximate surface area is 144 Å². The molecule has 122 valence electrons. The van der Waals surface area contributed by atoms with E-state index in [0.717, 1.165) is 12.0 Å². The molecule has 0 saturated carbocycles. The fourth-order valence-electron chi connectivity index (χ4n) is 2.33. The van der Waals surface area contributed by atoms with Crippen molar-refractivity contribution in [2.75, 3.05) is 5.32 Å². The molecular weight excluding hydrogens is 320 g/mol. The predicted octanol–water partition coefficient (Wildman–Crippen LogP) is 3.10. The summed E-state index contributed by atoms with van der Waals surface area (Å²) in [6, 6.07) is 16.9. The van der Waals surface area contributed by atoms with E-state index >= 15 is 0 Å². The number of nitrogens with zero attached hydrogens (tertiary/aromatic N) is 2. The molecule has 1 heterocycles. The van der Waals surface area contributed by atoms with Crippen LogP contribution in [0.1, 0.15) is 12.0 Å². The minimum absolute atomic E-state index is 0.175. The third-order valence-electron chi connectivity index (χ3n) is 3.70. The summed E-state index contributed by atoms with van der Waals surface area (Å²) in [7, 11) is 0. The zero-order valence-electron chi connectivity index (χ0n) is 13.1. The lowest BCUT2D eigenvalue weighted by Crippen LogP contribution is -2.36. The number of carbonyl (C=O) groups is 1. The summed E-state index contributed by atoms with van der Waals surface area (Å²) >= 11 is 1.31. The van der Waals surface area contributed by atoms with Gasteiger partial charge in [0.05, 0.1) is 6.04 Å². The standard InChI is InChI=1S/C18H18N4OS/c19-16(11-6-13-4-2-1-3-5-13)18(23)21-15-9-7-14(8-10-15)17-20-12-24-22-17/h1-5,7-10,12,16H,6,11,19H2,(H,21,23)/t16-/m1/s1. The van der Waals surface area contributed by atoms with E-state index in [0.29, 0.717) is 17.9 Å². The number of anilines is 1. The van der Waals surface area contributed by atoms with Crippen LogP contribution in [0.3, 0.4) is 0 Å². The van der Waals surface area contributed by atoms with Crippen LogP contribution < -0.4 is 11.1 Å². The minimum Gasteiger partial charge on any atom is -0.325 e. The van der Waals surface area contributed by atoms with Crippen molar-refractivity contribution in [2.24, 2.45) is 5.73 Å². The molecule has 0 aliphatic heterocycles. The minimum atomic E-state index is -0.537. The van der Waals surface area contributed by atoms with Crippen molar-refractivity contribution in [3.05, 3.63) is 65.7 Å². The van der Waals surface area contributed by atoms with Crippen LogP contribution in [0, 0.1) is 0 Å². The van der Waals surface area contributed by atoms with Crippen LogP contribution in [-0.4, -0.2) is 21.3 Å². The van der Waals surface area contributed by atoms with Crippen molar-refractivity contribution in [1.82, 2.24) is 9.36 Å². The highest BCUT2D eigenvalue weighted by Gasteiger charge is 2.13. The van der Waals surface area contributed by atoms with E-state index < -0.39 is 6.04 Å². The number of aryl methyl sites for hydroxylation is 1. The predicted molar refractivity (Wildman–Crippen MR) is 96.7 cm³/mol. The molecule has 24 heavy (non-hydrogen) atoms. The van der Waals surface area contributed by atoms with Gasteiger partial charge in [-0.1, -0.05) is 30.3 Å². The second-order valence-electron chi connectivity index (χ2n) is 5.45. The summed E-state index contributed by atoms with van der Waals surface area (Å²) in [6.07, 6.45) is 1.39. The van der Waals surface area contributed by atoms with E-state index in [9.17, 15) is 4.79 Å². The van der Waals surface area contributed by atoms with Gasteiger partial charge < -0.3 is 11.1 Å². The van der Waals surface area contributed by atoms with E-state index in [1.807, 2.05) is 54.6 Å². The highest BCUT2D eigenvalue weighted by atomic mass is 32.1. The lowest BCUT2D eigenvalue weighted by molar-refractivity contribution is -0.117. The molecule has 1 atom stereocenters. The first-order chi connectivity index (χ1) is 11.7. The first-order valence-corrected chi connectivity index (χ1v) is 8.53. The number of rotatable bonds is 6. The molecule has 0 spiro atoms. The number of amides is 1. The lowest BCUT2D eigenvalue weighted by atomic mass is 10.1. The number of nitrogens with one attached hydrogen (secondary N) is 1. The van der Waals surface area contributed by atoms with Gasteiger partial charge in [0.1, 0.15) is 5.51 Å². The van der Waals surface area contributed by atoms with E-state index in [4.69, 9.17) is 5.73 Å². The quantitative estimate of drug-likeness (QED) is 0.724. The molecule has 0 radical (unpaired) electrons. The van der Waals surface area contributed by atoms with Gasteiger partial charge in [0, 0.05) is 11.3 Å². The molecule has 0 fully saturated rings. The largest absolute Gasteiger partial charge is 0.325 e. The zero-order chi connectivity index (χ0) is 16.8. The van der Waals surface area contributed by atoms with Crippen molar-refractivity contribution in [3.63, 3.8) is 0 Å². The third-order valence-corrected chi connectivity index (χ3v) is 4.17. The molecule has 1 aromatic heterocycles. The molecule has 3 rings (SSSR count). The maximum Gasteiger partial charge on any atom is 0.241 e. The second kappa shape index (κ2) is 7.81. The van der Waals surface area contributed by atoms with Crippen molar-refractivity contribution < 1.29 is 4.79 Å². The number of carbonyl (C=O) groups excluding carboxylic acids is 1. The number of hydrogen-bond acceptors (Lipinski definition) is 5. The number of hydrogen-bond donors (Lipinski definition) is 2. The Hall–Kier alpha value is -2.57. The Kier molecular flexibility index (Phi) is 5.30. The van der Waals surface area contributed by atoms with Gasteiger partial charge in [0.15, 0.2) is 5.82 Å². The molecule has 1 amide bonds. The maximum atomic E-state index is 12.2. The fourth-order valence-corrected chi connectivity index (χ4v) is 2.78. The van der Waals surface area contributed by atoms with Crippen LogP contribution in [0.4, 0.5) is 5.69 Å². The van der Waals surface area contributed by atoms with Gasteiger partial charge >= 0.3 is 0 Å². The number of nitrogens with two attached hydrogens (primary N) is 1. The number of benzene rings is 2. The van der Waals surface area contributed by atoms with Gasteiger partial charge in [-0.05, 0) is 54.2 Å². The summed E-state index contributed by atoms with van der Waals surface area (Å²) in [6.45, 7) is 0. The maximum absolute atomic E-state index is 12.2. The molecule has 3 N–H and O–H groups in total. The molecule has 5 nitrogen and oxygen atoms in total. The first-order valence-electron chi connectivity index (χ1n) is 7.69. The molecule has 3 aromatic rings. The van der Waals surface area contributed by atoms with Crippen LogP contribution in [0.15, 0.2) is 60.1 Å². The summed E-state index contributed by atoms with van der Waals surface area (Å²) in [5, 5.41) is 2.85. The first kappa shape index (κ1) is 16.3. The Morgan fingerprint density at radius 3 is 2.54 bits per heavy atom. The Morgan fingerprint density at radius 2 is 1.88 bits per heavy atom. The average molecular weight is 338 g/mol. The van der Waals surface area contributed by atoms with Crippen LogP contribution in [0.5, 0.6) is 0 Å². The van der Waals surface area contributed by atoms with E-state index in [-0.39, 0.29) is 5.91 Å². The smallest absolute Gasteiger partial charge is 0.241 e. The zero-order valence-corrected chi connectivity index (χ0v) is 13.9. The van der Waals surface area contributed by atoms with Crippen molar-refractivity contribution in [3.8, 4) is 11.4 Å². The van der Waals surface area contributed by atoms with E-state index in [1.165, 1.54) is 17.1 Å². The molecular formula is C18H18N4OS. The summed E-state index contributed by atoms with van der Waals surface area (Å²) < 4.78 is 4.18. The van der Waals surface area contributed by atoms with Gasteiger partial charge in [0.2, 0.25) is 5.91 Å². The Bertz CT molecular complexity index is 773. The topological polar surface area (TPSA) is 80.9 Å². The summed E-state index contributed by atoms with van der Waals surface area (Å²) in [5.41, 5.74) is 10.5. The molecule has 0 aliphatic rings. The molecule has 0 aliphatic carbocycles. The van der Waals surface area contributed by atoms with E-state index in [2.05, 4.69) is 14.7 Å². The van der Waals surface area contributed by atoms with Crippen molar-refractivity contribution in [2.45, 2.75) is 18.9 Å². The van der Waals surface area contributed by atoms with Gasteiger partial charge in [-0.2, -0.15) is 4.37 Å². The molecule has 0 unspecified atom stereocenters. The lowest BCUT2D eigenvalue weighted by Gasteiger charge is -2.12. The van der Waals surface area contributed by atoms with Gasteiger partial charge in [0.25, 0.3) is 0 Å². The third kappa shape index (κ3) is 4.24. The van der Waals surface area contributed by atoms with Gasteiger partial charge in [-0.3, -0.25) is 4.79 Å². The normalized spacial score (nSPS) is 11.9. The molecule has 6 heteroatoms. The number of aromatic nitrogens is 2. The summed E-state index contributed by atoms with van der Waals surface area (Å²) in [4.78, 5) is 16.3. The molecule has 2 aromatic carbocycles. The van der Waals surface area contributed by atoms with Gasteiger partial charge in [-0.15, -0.1) is 0 Å². The van der Waals surface area contributed by atoms with Crippen molar-refractivity contribution in [1.29, 1.82) is 0 Å².